The third-order valence-electron chi connectivity index (χ3n) is 11.4. The van der Waals surface area contributed by atoms with E-state index in [2.05, 4.69) is 106 Å². The predicted octanol–water partition coefficient (Wildman–Crippen LogP) is 18.0. The number of allylic oxidation sites excluding steroid dienone is 14. The van der Waals surface area contributed by atoms with Gasteiger partial charge in [0.2, 0.25) is 0 Å². The molecule has 0 aromatic carbocycles. The molecule has 1 unspecified atom stereocenters. The van der Waals surface area contributed by atoms with Gasteiger partial charge in [0.1, 0.15) is 13.2 Å². The lowest BCUT2D eigenvalue weighted by Crippen LogP contribution is -2.30. The number of unbranched alkanes of at least 4 members (excludes halogenated alkanes) is 23. The minimum atomic E-state index is -0.796. The molecule has 0 amide bonds. The van der Waals surface area contributed by atoms with Crippen LogP contribution in [0.4, 0.5) is 0 Å². The molecule has 0 radical (unpaired) electrons. The first-order chi connectivity index (χ1) is 32.0. The normalized spacial score (nSPS) is 12.7. The van der Waals surface area contributed by atoms with Gasteiger partial charge in [-0.2, -0.15) is 0 Å². The van der Waals surface area contributed by atoms with Gasteiger partial charge in [0.25, 0.3) is 0 Å². The summed E-state index contributed by atoms with van der Waals surface area (Å²) < 4.78 is 16.8. The molecule has 0 aromatic heterocycles. The largest absolute Gasteiger partial charge is 0.462 e. The van der Waals surface area contributed by atoms with E-state index in [4.69, 9.17) is 14.2 Å². The molecule has 6 nitrogen and oxygen atoms in total. The van der Waals surface area contributed by atoms with Gasteiger partial charge in [-0.1, -0.05) is 202 Å². The Morgan fingerprint density at radius 2 is 0.600 bits per heavy atom. The fourth-order valence-corrected chi connectivity index (χ4v) is 7.28. The lowest BCUT2D eigenvalue weighted by molar-refractivity contribution is -0.167. The van der Waals surface area contributed by atoms with E-state index in [0.29, 0.717) is 19.3 Å². The smallest absolute Gasteiger partial charge is 0.306 e. The number of rotatable bonds is 48. The molecule has 0 fully saturated rings. The van der Waals surface area contributed by atoms with Gasteiger partial charge in [-0.05, 0) is 116 Å². The van der Waals surface area contributed by atoms with Crippen LogP contribution in [0.3, 0.4) is 0 Å². The average Bonchev–Trinajstić information content (AvgIpc) is 3.30. The van der Waals surface area contributed by atoms with Gasteiger partial charge < -0.3 is 14.2 Å². The predicted molar refractivity (Wildman–Crippen MR) is 279 cm³/mol. The van der Waals surface area contributed by atoms with Crippen LogP contribution in [0.15, 0.2) is 85.1 Å². The van der Waals surface area contributed by atoms with Crippen molar-refractivity contribution in [2.75, 3.05) is 13.2 Å². The number of carbonyl (C=O) groups excluding carboxylic acids is 3. The second-order valence-electron chi connectivity index (χ2n) is 17.7. The van der Waals surface area contributed by atoms with E-state index in [1.54, 1.807) is 0 Å². The van der Waals surface area contributed by atoms with Gasteiger partial charge >= 0.3 is 17.9 Å². The van der Waals surface area contributed by atoms with Crippen LogP contribution in [0.5, 0.6) is 0 Å². The van der Waals surface area contributed by atoms with Crippen LogP contribution in [-0.2, 0) is 28.6 Å². The van der Waals surface area contributed by atoms with Crippen molar-refractivity contribution in [1.29, 1.82) is 0 Å². The van der Waals surface area contributed by atoms with E-state index < -0.39 is 6.10 Å². The van der Waals surface area contributed by atoms with E-state index in [1.807, 2.05) is 0 Å². The maximum atomic E-state index is 12.8. The zero-order valence-electron chi connectivity index (χ0n) is 42.5. The summed E-state index contributed by atoms with van der Waals surface area (Å²) in [5.41, 5.74) is 0. The first kappa shape index (κ1) is 61.6. The lowest BCUT2D eigenvalue weighted by Gasteiger charge is -2.18. The first-order valence-electron chi connectivity index (χ1n) is 27.1. The molecule has 6 heteroatoms. The van der Waals surface area contributed by atoms with Crippen molar-refractivity contribution in [2.24, 2.45) is 0 Å². The summed E-state index contributed by atoms with van der Waals surface area (Å²) in [7, 11) is 0. The van der Waals surface area contributed by atoms with E-state index in [-0.39, 0.29) is 31.1 Å². The Balaban J connectivity index is 4.44. The third kappa shape index (κ3) is 51.4. The zero-order valence-corrected chi connectivity index (χ0v) is 42.5. The van der Waals surface area contributed by atoms with Gasteiger partial charge in [0.15, 0.2) is 6.10 Å². The number of esters is 3. The van der Waals surface area contributed by atoms with Crippen LogP contribution in [0.1, 0.15) is 252 Å². The Kier molecular flexibility index (Phi) is 50.4. The zero-order chi connectivity index (χ0) is 47.2. The van der Waals surface area contributed by atoms with Gasteiger partial charge in [-0.15, -0.1) is 0 Å². The first-order valence-corrected chi connectivity index (χ1v) is 27.1. The molecule has 0 aromatic rings. The Morgan fingerprint density at radius 3 is 0.985 bits per heavy atom. The topological polar surface area (TPSA) is 78.9 Å². The fourth-order valence-electron chi connectivity index (χ4n) is 7.28. The van der Waals surface area contributed by atoms with Gasteiger partial charge in [0, 0.05) is 19.3 Å². The van der Waals surface area contributed by atoms with Crippen molar-refractivity contribution in [3.8, 4) is 0 Å². The van der Waals surface area contributed by atoms with Crippen molar-refractivity contribution in [1.82, 2.24) is 0 Å². The van der Waals surface area contributed by atoms with Crippen LogP contribution in [-0.4, -0.2) is 37.2 Å². The molecule has 0 heterocycles. The summed E-state index contributed by atoms with van der Waals surface area (Å²) in [6, 6.07) is 0. The monoisotopic (exact) mass is 905 g/mol. The van der Waals surface area contributed by atoms with Gasteiger partial charge in [-0.25, -0.2) is 0 Å². The third-order valence-corrected chi connectivity index (χ3v) is 11.4. The Labute approximate surface area is 401 Å². The molecule has 0 bridgehead atoms. The second-order valence-corrected chi connectivity index (χ2v) is 17.7. The SMILES string of the molecule is CC/C=C\C/C=C\C/C=C\C/C=C\CCCCCCC(=O)OC(COC(=O)CCCCCCC/C=C\CCCCC)COC(=O)CCCCCCCCC/C=C\C/C=C\CCCCCC. The highest BCUT2D eigenvalue weighted by Gasteiger charge is 2.19. The van der Waals surface area contributed by atoms with Gasteiger partial charge in [-0.3, -0.25) is 14.4 Å². The number of carbonyl (C=O) groups is 3. The lowest BCUT2D eigenvalue weighted by atomic mass is 10.1. The van der Waals surface area contributed by atoms with Crippen LogP contribution < -0.4 is 0 Å². The molecule has 0 saturated carbocycles. The summed E-state index contributed by atoms with van der Waals surface area (Å²) in [5, 5.41) is 0. The maximum absolute atomic E-state index is 12.8. The number of hydrogen-bond donors (Lipinski definition) is 0. The van der Waals surface area contributed by atoms with E-state index in [0.717, 1.165) is 116 Å². The molecule has 0 spiro atoms. The van der Waals surface area contributed by atoms with Crippen molar-refractivity contribution >= 4 is 17.9 Å². The molecule has 0 N–H and O–H groups in total. The Morgan fingerprint density at radius 1 is 0.323 bits per heavy atom. The fraction of sp³-hybridized carbons (Fsp3) is 0.712. The highest BCUT2D eigenvalue weighted by atomic mass is 16.6. The summed E-state index contributed by atoms with van der Waals surface area (Å²) in [6.45, 7) is 6.45. The van der Waals surface area contributed by atoms with E-state index in [1.165, 1.54) is 96.3 Å². The van der Waals surface area contributed by atoms with Gasteiger partial charge in [0.05, 0.1) is 0 Å². The molecular weight excluding hydrogens is 805 g/mol. The summed E-state index contributed by atoms with van der Waals surface area (Å²) in [5.74, 6) is -0.933. The number of ether oxygens (including phenoxy) is 3. The maximum Gasteiger partial charge on any atom is 0.306 e. The minimum absolute atomic E-state index is 0.0937. The summed E-state index contributed by atoms with van der Waals surface area (Å²) in [6.07, 6.45) is 68.5. The quantitative estimate of drug-likeness (QED) is 0.0262. The van der Waals surface area contributed by atoms with Crippen molar-refractivity contribution in [3.05, 3.63) is 85.1 Å². The van der Waals surface area contributed by atoms with Crippen molar-refractivity contribution in [3.63, 3.8) is 0 Å². The van der Waals surface area contributed by atoms with Crippen molar-refractivity contribution < 1.29 is 28.6 Å². The molecular formula is C59H100O6. The molecule has 0 rings (SSSR count). The molecule has 0 saturated heterocycles. The van der Waals surface area contributed by atoms with E-state index in [9.17, 15) is 14.4 Å². The Bertz CT molecular complexity index is 1270. The number of hydrogen-bond acceptors (Lipinski definition) is 6. The summed E-state index contributed by atoms with van der Waals surface area (Å²) >= 11 is 0. The highest BCUT2D eigenvalue weighted by Crippen LogP contribution is 2.14. The average molecular weight is 905 g/mol. The van der Waals surface area contributed by atoms with Crippen LogP contribution in [0, 0.1) is 0 Å². The van der Waals surface area contributed by atoms with Crippen LogP contribution >= 0.6 is 0 Å². The van der Waals surface area contributed by atoms with Crippen molar-refractivity contribution in [2.45, 2.75) is 258 Å². The second kappa shape index (κ2) is 53.2. The Hall–Kier alpha value is -3.41. The standard InChI is InChI=1S/C59H100O6/c1-4-7-10-13-16-19-22-25-27-29-31-32-34-37-40-43-46-49-52-58(61)64-55-56(54-63-57(60)51-48-45-42-39-36-24-21-18-15-12-9-6-3)65-59(62)53-50-47-44-41-38-35-33-30-28-26-23-20-17-14-11-8-5-2/h8,11,17-22,26-29,33,35,56H,4-7,9-10,12-16,23-25,30-32,34,36-55H2,1-3H3/b11-8-,20-17-,21-18-,22-19-,28-26-,29-27-,35-33-. The molecule has 65 heavy (non-hydrogen) atoms. The van der Waals surface area contributed by atoms with E-state index >= 15 is 0 Å². The highest BCUT2D eigenvalue weighted by molar-refractivity contribution is 5.71. The minimum Gasteiger partial charge on any atom is -0.462 e. The van der Waals surface area contributed by atoms with Crippen LogP contribution in [0.2, 0.25) is 0 Å². The molecule has 0 aliphatic heterocycles. The summed E-state index contributed by atoms with van der Waals surface area (Å²) in [4.78, 5) is 38.0. The molecule has 0 aliphatic carbocycles. The molecule has 372 valence electrons. The molecule has 0 aliphatic rings. The molecule has 1 atom stereocenters. The van der Waals surface area contributed by atoms with Crippen LogP contribution in [0.25, 0.3) is 0 Å².